The van der Waals surface area contributed by atoms with Crippen molar-refractivity contribution in [2.24, 2.45) is 4.99 Å². The molecule has 0 amide bonds. The van der Waals surface area contributed by atoms with Gasteiger partial charge in [0.2, 0.25) is 5.75 Å². The van der Waals surface area contributed by atoms with E-state index in [-0.39, 0.29) is 0 Å². The van der Waals surface area contributed by atoms with E-state index in [0.29, 0.717) is 23.8 Å². The number of rotatable bonds is 6. The molecule has 0 aliphatic heterocycles. The minimum Gasteiger partial charge on any atom is -0.493 e. The molecule has 17 heavy (non-hydrogen) atoms. The second-order valence-corrected chi connectivity index (χ2v) is 3.24. The zero-order valence-corrected chi connectivity index (χ0v) is 10.4. The van der Waals surface area contributed by atoms with Crippen molar-refractivity contribution >= 4 is 6.21 Å². The molecular weight excluding hydrogens is 218 g/mol. The molecule has 0 fully saturated rings. The Kier molecular flexibility index (Phi) is 5.07. The number of aliphatic imine (C=N–C) groups is 1. The first-order valence-electron chi connectivity index (χ1n) is 5.17. The summed E-state index contributed by atoms with van der Waals surface area (Å²) in [6, 6.07) is 3.68. The minimum absolute atomic E-state index is 0.580. The summed E-state index contributed by atoms with van der Waals surface area (Å²) < 4.78 is 15.7. The van der Waals surface area contributed by atoms with Crippen LogP contribution in [0, 0.1) is 0 Å². The molecule has 0 unspecified atom stereocenters. The van der Waals surface area contributed by atoms with Gasteiger partial charge in [-0.25, -0.2) is 0 Å². The third-order valence-corrected chi connectivity index (χ3v) is 2.16. The Bertz CT molecular complexity index is 388. The predicted octanol–water partition coefficient (Wildman–Crippen LogP) is 2.32. The Morgan fingerprint density at radius 1 is 1.12 bits per heavy atom. The summed E-state index contributed by atoms with van der Waals surface area (Å²) in [6.07, 6.45) is 3.47. The second-order valence-electron chi connectivity index (χ2n) is 3.24. The van der Waals surface area contributed by atoms with Crippen LogP contribution >= 0.6 is 0 Å². The topological polar surface area (TPSA) is 40.0 Å². The summed E-state index contributed by atoms with van der Waals surface area (Å²) in [7, 11) is 4.75. The van der Waals surface area contributed by atoms with Crippen LogP contribution in [0.5, 0.6) is 17.2 Å². The zero-order valence-electron chi connectivity index (χ0n) is 10.4. The van der Waals surface area contributed by atoms with Gasteiger partial charge in [0, 0.05) is 6.21 Å². The van der Waals surface area contributed by atoms with E-state index in [1.54, 1.807) is 33.6 Å². The van der Waals surface area contributed by atoms with Gasteiger partial charge in [0.25, 0.3) is 0 Å². The van der Waals surface area contributed by atoms with E-state index >= 15 is 0 Å². The molecule has 0 aliphatic rings. The molecule has 4 heteroatoms. The monoisotopic (exact) mass is 235 g/mol. The molecule has 1 aromatic carbocycles. The number of nitrogens with zero attached hydrogens (tertiary/aromatic N) is 1. The van der Waals surface area contributed by atoms with E-state index in [1.165, 1.54) is 0 Å². The SMILES string of the molecule is C=CCN=Cc1cc(OC)c(OC)c(OC)c1. The van der Waals surface area contributed by atoms with Crippen molar-refractivity contribution in [2.75, 3.05) is 27.9 Å². The van der Waals surface area contributed by atoms with Gasteiger partial charge in [0.05, 0.1) is 27.9 Å². The molecule has 0 saturated carbocycles. The van der Waals surface area contributed by atoms with E-state index in [1.807, 2.05) is 12.1 Å². The van der Waals surface area contributed by atoms with Crippen LogP contribution in [0.4, 0.5) is 0 Å². The Hall–Kier alpha value is -1.97. The van der Waals surface area contributed by atoms with Crippen molar-refractivity contribution in [1.29, 1.82) is 0 Å². The molecule has 0 spiro atoms. The molecule has 0 heterocycles. The van der Waals surface area contributed by atoms with E-state index < -0.39 is 0 Å². The van der Waals surface area contributed by atoms with E-state index in [4.69, 9.17) is 14.2 Å². The Balaban J connectivity index is 3.12. The normalized spacial score (nSPS) is 10.3. The standard InChI is InChI=1S/C13H17NO3/c1-5-6-14-9-10-7-11(15-2)13(17-4)12(8-10)16-3/h5,7-9H,1,6H2,2-4H3. The lowest BCUT2D eigenvalue weighted by molar-refractivity contribution is 0.324. The smallest absolute Gasteiger partial charge is 0.203 e. The molecule has 92 valence electrons. The third kappa shape index (κ3) is 3.24. The molecule has 4 nitrogen and oxygen atoms in total. The van der Waals surface area contributed by atoms with Crippen LogP contribution in [0.25, 0.3) is 0 Å². The van der Waals surface area contributed by atoms with Crippen molar-refractivity contribution in [1.82, 2.24) is 0 Å². The van der Waals surface area contributed by atoms with Crippen LogP contribution in [0.2, 0.25) is 0 Å². The molecule has 1 aromatic rings. The van der Waals surface area contributed by atoms with Crippen molar-refractivity contribution in [3.05, 3.63) is 30.4 Å². The van der Waals surface area contributed by atoms with Gasteiger partial charge in [-0.15, -0.1) is 6.58 Å². The average molecular weight is 235 g/mol. The maximum Gasteiger partial charge on any atom is 0.203 e. The van der Waals surface area contributed by atoms with Gasteiger partial charge in [-0.3, -0.25) is 4.99 Å². The predicted molar refractivity (Wildman–Crippen MR) is 68.8 cm³/mol. The summed E-state index contributed by atoms with van der Waals surface area (Å²) >= 11 is 0. The van der Waals surface area contributed by atoms with Crippen LogP contribution in [-0.2, 0) is 0 Å². The first-order chi connectivity index (χ1) is 8.26. The molecule has 0 atom stereocenters. The lowest BCUT2D eigenvalue weighted by atomic mass is 10.2. The molecule has 0 saturated heterocycles. The van der Waals surface area contributed by atoms with Gasteiger partial charge in [-0.05, 0) is 17.7 Å². The Labute approximate surface area is 102 Å². The fraction of sp³-hybridized carbons (Fsp3) is 0.308. The second kappa shape index (κ2) is 6.58. The van der Waals surface area contributed by atoms with Crippen LogP contribution in [-0.4, -0.2) is 34.1 Å². The molecular formula is C13H17NO3. The lowest BCUT2D eigenvalue weighted by Crippen LogP contribution is -1.96. The highest BCUT2D eigenvalue weighted by Gasteiger charge is 2.11. The van der Waals surface area contributed by atoms with Crippen LogP contribution < -0.4 is 14.2 Å². The lowest BCUT2D eigenvalue weighted by Gasteiger charge is -2.12. The van der Waals surface area contributed by atoms with Crippen molar-refractivity contribution in [2.45, 2.75) is 0 Å². The number of hydrogen-bond acceptors (Lipinski definition) is 4. The zero-order chi connectivity index (χ0) is 12.7. The van der Waals surface area contributed by atoms with E-state index in [9.17, 15) is 0 Å². The fourth-order valence-electron chi connectivity index (χ4n) is 1.41. The Morgan fingerprint density at radius 2 is 1.71 bits per heavy atom. The van der Waals surface area contributed by atoms with Crippen molar-refractivity contribution in [3.8, 4) is 17.2 Å². The molecule has 0 radical (unpaired) electrons. The molecule has 0 bridgehead atoms. The summed E-state index contributed by atoms with van der Waals surface area (Å²) in [5, 5.41) is 0. The first-order valence-corrected chi connectivity index (χ1v) is 5.17. The van der Waals surface area contributed by atoms with Crippen LogP contribution in [0.3, 0.4) is 0 Å². The van der Waals surface area contributed by atoms with Crippen molar-refractivity contribution in [3.63, 3.8) is 0 Å². The average Bonchev–Trinajstić information content (AvgIpc) is 2.37. The first kappa shape index (κ1) is 13.1. The highest BCUT2D eigenvalue weighted by molar-refractivity contribution is 5.82. The number of hydrogen-bond donors (Lipinski definition) is 0. The summed E-state index contributed by atoms with van der Waals surface area (Å²) in [5.41, 5.74) is 0.890. The summed E-state index contributed by atoms with van der Waals surface area (Å²) in [5.74, 6) is 1.81. The number of methoxy groups -OCH3 is 3. The summed E-state index contributed by atoms with van der Waals surface area (Å²) in [4.78, 5) is 4.17. The van der Waals surface area contributed by atoms with E-state index in [0.717, 1.165) is 5.56 Å². The van der Waals surface area contributed by atoms with E-state index in [2.05, 4.69) is 11.6 Å². The maximum absolute atomic E-state index is 5.24. The molecule has 0 N–H and O–H groups in total. The van der Waals surface area contributed by atoms with Gasteiger partial charge in [0.1, 0.15) is 0 Å². The van der Waals surface area contributed by atoms with Gasteiger partial charge in [-0.2, -0.15) is 0 Å². The largest absolute Gasteiger partial charge is 0.493 e. The van der Waals surface area contributed by atoms with Crippen molar-refractivity contribution < 1.29 is 14.2 Å². The third-order valence-electron chi connectivity index (χ3n) is 2.16. The summed E-state index contributed by atoms with van der Waals surface area (Å²) in [6.45, 7) is 4.18. The van der Waals surface area contributed by atoms with Gasteiger partial charge >= 0.3 is 0 Å². The Morgan fingerprint density at radius 3 is 2.12 bits per heavy atom. The molecule has 0 aromatic heterocycles. The van der Waals surface area contributed by atoms with Gasteiger partial charge in [-0.1, -0.05) is 6.08 Å². The van der Waals surface area contributed by atoms with Crippen LogP contribution in [0.1, 0.15) is 5.56 Å². The quantitative estimate of drug-likeness (QED) is 0.561. The highest BCUT2D eigenvalue weighted by atomic mass is 16.5. The number of ether oxygens (including phenoxy) is 3. The maximum atomic E-state index is 5.24. The molecule has 1 rings (SSSR count). The number of benzene rings is 1. The highest BCUT2D eigenvalue weighted by Crippen LogP contribution is 2.37. The van der Waals surface area contributed by atoms with Gasteiger partial charge in [0.15, 0.2) is 11.5 Å². The fourth-order valence-corrected chi connectivity index (χ4v) is 1.41. The van der Waals surface area contributed by atoms with Gasteiger partial charge < -0.3 is 14.2 Å². The minimum atomic E-state index is 0.580. The molecule has 0 aliphatic carbocycles. The van der Waals surface area contributed by atoms with Crippen LogP contribution in [0.15, 0.2) is 29.8 Å².